The van der Waals surface area contributed by atoms with Gasteiger partial charge in [0.05, 0.1) is 12.1 Å². The van der Waals surface area contributed by atoms with Gasteiger partial charge < -0.3 is 15.4 Å². The number of guanidine groups is 1. The van der Waals surface area contributed by atoms with Crippen LogP contribution in [0.1, 0.15) is 26.3 Å². The lowest BCUT2D eigenvalue weighted by molar-refractivity contribution is 0.0268. The van der Waals surface area contributed by atoms with Gasteiger partial charge in [-0.25, -0.2) is 4.99 Å². The molecule has 4 nitrogen and oxygen atoms in total. The average molecular weight is 391 g/mol. The van der Waals surface area contributed by atoms with Crippen LogP contribution in [-0.2, 0) is 11.3 Å². The second kappa shape index (κ2) is 9.99. The maximum absolute atomic E-state index is 5.38. The smallest absolute Gasteiger partial charge is 0.191 e. The lowest BCUT2D eigenvalue weighted by Crippen LogP contribution is -2.45. The van der Waals surface area contributed by atoms with Crippen molar-refractivity contribution in [3.8, 4) is 0 Å². The van der Waals surface area contributed by atoms with E-state index in [1.165, 1.54) is 5.56 Å². The van der Waals surface area contributed by atoms with E-state index in [1.807, 2.05) is 32.0 Å². The molecule has 1 aromatic carbocycles. The van der Waals surface area contributed by atoms with Crippen LogP contribution < -0.4 is 10.6 Å². The number of methoxy groups -OCH3 is 1. The van der Waals surface area contributed by atoms with E-state index in [1.54, 1.807) is 7.11 Å². The summed E-state index contributed by atoms with van der Waals surface area (Å²) >= 11 is 0. The summed E-state index contributed by atoms with van der Waals surface area (Å²) in [5.41, 5.74) is 0.994. The Morgan fingerprint density at radius 1 is 1.20 bits per heavy atom. The predicted molar refractivity (Wildman–Crippen MR) is 95.8 cm³/mol. The third-order valence-corrected chi connectivity index (χ3v) is 2.84. The molecule has 0 saturated heterocycles. The highest BCUT2D eigenvalue weighted by atomic mass is 127. The molecule has 0 aliphatic heterocycles. The summed E-state index contributed by atoms with van der Waals surface area (Å²) in [4.78, 5) is 4.56. The highest BCUT2D eigenvalue weighted by molar-refractivity contribution is 14.0. The third kappa shape index (κ3) is 7.69. The SMILES string of the molecule is CCNC(=NCc1ccccc1)NCC(C)(C)OC.I. The summed E-state index contributed by atoms with van der Waals surface area (Å²) in [6.07, 6.45) is 0. The molecule has 2 N–H and O–H groups in total. The van der Waals surface area contributed by atoms with E-state index in [0.29, 0.717) is 13.1 Å². The number of aliphatic imine (C=N–C) groups is 1. The Morgan fingerprint density at radius 2 is 1.85 bits per heavy atom. The van der Waals surface area contributed by atoms with E-state index in [2.05, 4.69) is 34.7 Å². The maximum atomic E-state index is 5.38. The quantitative estimate of drug-likeness (QED) is 0.446. The molecule has 0 aliphatic rings. The monoisotopic (exact) mass is 391 g/mol. The Kier molecular flexibility index (Phi) is 9.58. The summed E-state index contributed by atoms with van der Waals surface area (Å²) in [5, 5.41) is 6.53. The minimum absolute atomic E-state index is 0. The number of ether oxygens (including phenoxy) is 1. The first-order valence-corrected chi connectivity index (χ1v) is 6.68. The van der Waals surface area contributed by atoms with Crippen molar-refractivity contribution in [3.63, 3.8) is 0 Å². The molecule has 5 heteroatoms. The first-order chi connectivity index (χ1) is 9.07. The summed E-state index contributed by atoms with van der Waals surface area (Å²) in [6, 6.07) is 10.2. The van der Waals surface area contributed by atoms with Crippen LogP contribution in [0.5, 0.6) is 0 Å². The number of nitrogens with zero attached hydrogens (tertiary/aromatic N) is 1. The molecular weight excluding hydrogens is 365 g/mol. The van der Waals surface area contributed by atoms with Crippen LogP contribution in [0.4, 0.5) is 0 Å². The maximum Gasteiger partial charge on any atom is 0.191 e. The molecule has 1 aromatic rings. The summed E-state index contributed by atoms with van der Waals surface area (Å²) in [7, 11) is 1.72. The van der Waals surface area contributed by atoms with Crippen molar-refractivity contribution >= 4 is 29.9 Å². The Morgan fingerprint density at radius 3 is 2.40 bits per heavy atom. The van der Waals surface area contributed by atoms with Crippen molar-refractivity contribution in [1.82, 2.24) is 10.6 Å². The lowest BCUT2D eigenvalue weighted by Gasteiger charge is -2.24. The first kappa shape index (κ1) is 19.2. The molecule has 0 aliphatic carbocycles. The highest BCUT2D eigenvalue weighted by Crippen LogP contribution is 2.05. The number of hydrogen-bond acceptors (Lipinski definition) is 2. The van der Waals surface area contributed by atoms with E-state index in [9.17, 15) is 0 Å². The number of nitrogens with one attached hydrogen (secondary N) is 2. The van der Waals surface area contributed by atoms with Crippen molar-refractivity contribution < 1.29 is 4.74 Å². The van der Waals surface area contributed by atoms with E-state index in [4.69, 9.17) is 4.74 Å². The number of hydrogen-bond donors (Lipinski definition) is 2. The molecule has 0 amide bonds. The Labute approximate surface area is 139 Å². The van der Waals surface area contributed by atoms with Gasteiger partial charge in [0.25, 0.3) is 0 Å². The third-order valence-electron chi connectivity index (χ3n) is 2.84. The number of rotatable bonds is 6. The normalized spacial score (nSPS) is 11.7. The molecule has 0 bridgehead atoms. The van der Waals surface area contributed by atoms with Crippen molar-refractivity contribution in [2.75, 3.05) is 20.2 Å². The molecule has 1 rings (SSSR count). The van der Waals surface area contributed by atoms with Crippen molar-refractivity contribution in [2.45, 2.75) is 32.9 Å². The molecule has 20 heavy (non-hydrogen) atoms. The standard InChI is InChI=1S/C15H25N3O.HI/c1-5-16-14(18-12-15(2,3)19-4)17-11-13-9-7-6-8-10-13;/h6-10H,5,11-12H2,1-4H3,(H2,16,17,18);1H. The zero-order valence-electron chi connectivity index (χ0n) is 12.8. The number of benzene rings is 1. The summed E-state index contributed by atoms with van der Waals surface area (Å²) in [6.45, 7) is 8.37. The van der Waals surface area contributed by atoms with Gasteiger partial charge in [-0.3, -0.25) is 0 Å². The van der Waals surface area contributed by atoms with Gasteiger partial charge in [-0.15, -0.1) is 24.0 Å². The molecule has 114 valence electrons. The van der Waals surface area contributed by atoms with E-state index < -0.39 is 0 Å². The molecule has 0 saturated carbocycles. The van der Waals surface area contributed by atoms with Gasteiger partial charge in [0.1, 0.15) is 0 Å². The zero-order chi connectivity index (χ0) is 14.1. The van der Waals surface area contributed by atoms with Gasteiger partial charge in [-0.05, 0) is 26.3 Å². The van der Waals surface area contributed by atoms with Gasteiger partial charge in [0, 0.05) is 20.2 Å². The van der Waals surface area contributed by atoms with E-state index in [0.717, 1.165) is 12.5 Å². The fourth-order valence-corrected chi connectivity index (χ4v) is 1.46. The molecule has 0 heterocycles. The summed E-state index contributed by atoms with van der Waals surface area (Å²) in [5.74, 6) is 0.816. The van der Waals surface area contributed by atoms with Crippen LogP contribution in [0.15, 0.2) is 35.3 Å². The summed E-state index contributed by atoms with van der Waals surface area (Å²) < 4.78 is 5.38. The second-order valence-electron chi connectivity index (χ2n) is 5.00. The molecule has 0 unspecified atom stereocenters. The predicted octanol–water partition coefficient (Wildman–Crippen LogP) is 2.78. The topological polar surface area (TPSA) is 45.7 Å². The fourth-order valence-electron chi connectivity index (χ4n) is 1.46. The molecule has 0 fully saturated rings. The fraction of sp³-hybridized carbons (Fsp3) is 0.533. The van der Waals surface area contributed by atoms with Gasteiger partial charge in [0.15, 0.2) is 5.96 Å². The van der Waals surface area contributed by atoms with Crippen molar-refractivity contribution in [2.24, 2.45) is 4.99 Å². The van der Waals surface area contributed by atoms with Crippen LogP contribution in [0.2, 0.25) is 0 Å². The molecule has 0 radical (unpaired) electrons. The van der Waals surface area contributed by atoms with Crippen LogP contribution in [0.25, 0.3) is 0 Å². The molecule has 0 spiro atoms. The lowest BCUT2D eigenvalue weighted by atomic mass is 10.1. The Bertz CT molecular complexity index is 393. The molecular formula is C15H26IN3O. The average Bonchev–Trinajstić information content (AvgIpc) is 2.43. The Balaban J connectivity index is 0.00000361. The van der Waals surface area contributed by atoms with Crippen LogP contribution in [0.3, 0.4) is 0 Å². The zero-order valence-corrected chi connectivity index (χ0v) is 15.1. The van der Waals surface area contributed by atoms with Crippen LogP contribution in [0, 0.1) is 0 Å². The van der Waals surface area contributed by atoms with Gasteiger partial charge in [-0.1, -0.05) is 30.3 Å². The molecule has 0 aromatic heterocycles. The minimum Gasteiger partial charge on any atom is -0.377 e. The highest BCUT2D eigenvalue weighted by Gasteiger charge is 2.16. The molecule has 0 atom stereocenters. The van der Waals surface area contributed by atoms with Crippen molar-refractivity contribution in [1.29, 1.82) is 0 Å². The van der Waals surface area contributed by atoms with Gasteiger partial charge >= 0.3 is 0 Å². The van der Waals surface area contributed by atoms with Crippen LogP contribution >= 0.6 is 24.0 Å². The minimum atomic E-state index is -0.205. The van der Waals surface area contributed by atoms with Gasteiger partial charge in [-0.2, -0.15) is 0 Å². The van der Waals surface area contributed by atoms with E-state index >= 15 is 0 Å². The van der Waals surface area contributed by atoms with Crippen molar-refractivity contribution in [3.05, 3.63) is 35.9 Å². The largest absolute Gasteiger partial charge is 0.377 e. The van der Waals surface area contributed by atoms with Crippen LogP contribution in [-0.4, -0.2) is 31.8 Å². The van der Waals surface area contributed by atoms with E-state index in [-0.39, 0.29) is 29.6 Å². The number of halogens is 1. The first-order valence-electron chi connectivity index (χ1n) is 6.68. The second-order valence-corrected chi connectivity index (χ2v) is 5.00. The van der Waals surface area contributed by atoms with Gasteiger partial charge in [0.2, 0.25) is 0 Å². The Hall–Kier alpha value is -0.820.